The summed E-state index contributed by atoms with van der Waals surface area (Å²) in [6.07, 6.45) is -3.23. The molecule has 1 aliphatic heterocycles. The third kappa shape index (κ3) is 8.10. The van der Waals surface area contributed by atoms with Crippen LogP contribution in [0.25, 0.3) is 5.69 Å². The highest BCUT2D eigenvalue weighted by Crippen LogP contribution is 2.32. The van der Waals surface area contributed by atoms with E-state index in [0.717, 1.165) is 29.7 Å². The molecule has 5 rings (SSSR count). The Morgan fingerprint density at radius 3 is 2.62 bits per heavy atom. The van der Waals surface area contributed by atoms with Gasteiger partial charge in [-0.2, -0.15) is 0 Å². The van der Waals surface area contributed by atoms with Crippen molar-refractivity contribution in [3.8, 4) is 11.4 Å². The predicted octanol–water partition coefficient (Wildman–Crippen LogP) is 6.00. The largest absolute Gasteiger partial charge is 0.573 e. The minimum Gasteiger partial charge on any atom is -0.406 e. The Hall–Kier alpha value is -4.63. The lowest BCUT2D eigenvalue weighted by Gasteiger charge is -2.21. The lowest BCUT2D eigenvalue weighted by atomic mass is 10.0. The van der Waals surface area contributed by atoms with Crippen LogP contribution in [-0.4, -0.2) is 49.4 Å². The normalized spacial score (nSPS) is 15.0. The second-order valence-electron chi connectivity index (χ2n) is 10.0. The van der Waals surface area contributed by atoms with Gasteiger partial charge >= 0.3 is 6.36 Å². The number of nitrogens with zero attached hydrogens (tertiary/aromatic N) is 5. The topological polar surface area (TPSA) is 117 Å². The fourth-order valence-electron chi connectivity index (χ4n) is 4.56. The number of aliphatic hydroxyl groups is 1. The molecular weight excluding hydrogens is 614 g/mol. The van der Waals surface area contributed by atoms with E-state index in [0.29, 0.717) is 22.4 Å². The zero-order valence-electron chi connectivity index (χ0n) is 24.2. The molecule has 1 aliphatic rings. The highest BCUT2D eigenvalue weighted by Gasteiger charge is 2.32. The number of amidine groups is 1. The zero-order chi connectivity index (χ0) is 32.1. The summed E-state index contributed by atoms with van der Waals surface area (Å²) in [5.74, 6) is -0.636. The van der Waals surface area contributed by atoms with Crippen molar-refractivity contribution in [2.45, 2.75) is 45.9 Å². The third-order valence-corrected chi connectivity index (χ3v) is 7.52. The van der Waals surface area contributed by atoms with Crippen molar-refractivity contribution in [2.24, 2.45) is 4.99 Å². The van der Waals surface area contributed by atoms with Gasteiger partial charge in [-0.25, -0.2) is 19.0 Å². The van der Waals surface area contributed by atoms with Gasteiger partial charge in [-0.1, -0.05) is 37.2 Å². The number of rotatable bonds is 11. The molecule has 1 atom stereocenters. The lowest BCUT2D eigenvalue weighted by molar-refractivity contribution is -0.274. The van der Waals surface area contributed by atoms with Crippen LogP contribution in [0.2, 0.25) is 0 Å². The lowest BCUT2D eigenvalue weighted by Crippen LogP contribution is -2.32. The molecule has 1 aromatic heterocycles. The number of amides is 1. The van der Waals surface area contributed by atoms with Crippen LogP contribution in [0.1, 0.15) is 30.3 Å². The molecule has 1 fully saturated rings. The zero-order valence-corrected chi connectivity index (χ0v) is 25.0. The molecule has 0 aliphatic carbocycles. The first kappa shape index (κ1) is 31.8. The van der Waals surface area contributed by atoms with Crippen LogP contribution < -0.4 is 20.3 Å². The summed E-state index contributed by atoms with van der Waals surface area (Å²) in [7, 11) is 0. The van der Waals surface area contributed by atoms with E-state index in [4.69, 9.17) is 0 Å². The Balaban J connectivity index is 1.20. The molecule has 1 saturated heterocycles. The average Bonchev–Trinajstić information content (AvgIpc) is 3.60. The minimum atomic E-state index is -4.78. The van der Waals surface area contributed by atoms with E-state index in [1.807, 2.05) is 25.1 Å². The third-order valence-electron chi connectivity index (χ3n) is 6.58. The molecule has 236 valence electrons. The molecule has 10 nitrogen and oxygen atoms in total. The van der Waals surface area contributed by atoms with E-state index in [1.165, 1.54) is 64.1 Å². The van der Waals surface area contributed by atoms with Gasteiger partial charge in [0.1, 0.15) is 17.9 Å². The van der Waals surface area contributed by atoms with Gasteiger partial charge in [-0.15, -0.1) is 18.3 Å². The average molecular weight is 644 g/mol. The molecule has 1 unspecified atom stereocenters. The van der Waals surface area contributed by atoms with Crippen LogP contribution in [0.15, 0.2) is 72.0 Å². The number of halogens is 4. The maximum Gasteiger partial charge on any atom is 0.573 e. The quantitative estimate of drug-likeness (QED) is 0.135. The van der Waals surface area contributed by atoms with Crippen molar-refractivity contribution in [3.05, 3.63) is 89.8 Å². The summed E-state index contributed by atoms with van der Waals surface area (Å²) in [5.41, 5.74) is 3.60. The Morgan fingerprint density at radius 2 is 1.91 bits per heavy atom. The van der Waals surface area contributed by atoms with Crippen LogP contribution in [0.5, 0.6) is 5.75 Å². The number of aliphatic imine (C=N–C) groups is 1. The van der Waals surface area contributed by atoms with Gasteiger partial charge in [0, 0.05) is 5.69 Å². The Labute approximate surface area is 260 Å². The second-order valence-corrected chi connectivity index (χ2v) is 11.0. The summed E-state index contributed by atoms with van der Waals surface area (Å²) >= 11 is 1.20. The van der Waals surface area contributed by atoms with E-state index in [1.54, 1.807) is 6.07 Å². The fourth-order valence-corrected chi connectivity index (χ4v) is 5.45. The molecule has 4 aromatic rings. The molecule has 2 heterocycles. The molecule has 1 amide bonds. The number of ether oxygens (including phenoxy) is 1. The minimum absolute atomic E-state index is 0.000790. The summed E-state index contributed by atoms with van der Waals surface area (Å²) in [5, 5.41) is 20.9. The number of hydrogen-bond donors (Lipinski definition) is 3. The van der Waals surface area contributed by atoms with Gasteiger partial charge in [-0.3, -0.25) is 9.69 Å². The first-order chi connectivity index (χ1) is 21.5. The Morgan fingerprint density at radius 1 is 1.13 bits per heavy atom. The SMILES string of the molecule is CCCc1ccc(C)cc1N1C(=O)CSC1=NC(O)Nc1ccc(NCc2ncn(-c3ccc(OC(F)(F)F)cc3)n2)cc1F. The summed E-state index contributed by atoms with van der Waals surface area (Å²) in [6, 6.07) is 15.3. The predicted molar refractivity (Wildman–Crippen MR) is 164 cm³/mol. The smallest absolute Gasteiger partial charge is 0.406 e. The maximum atomic E-state index is 14.9. The number of nitrogens with one attached hydrogen (secondary N) is 2. The molecule has 15 heteroatoms. The number of thioether (sulfide) groups is 1. The van der Waals surface area contributed by atoms with Crippen LogP contribution in [0.3, 0.4) is 0 Å². The molecule has 45 heavy (non-hydrogen) atoms. The molecule has 0 radical (unpaired) electrons. The maximum absolute atomic E-state index is 14.9. The Kier molecular flexibility index (Phi) is 9.58. The van der Waals surface area contributed by atoms with Gasteiger partial charge in [0.2, 0.25) is 12.3 Å². The number of carbonyl (C=O) groups excluding carboxylic acids is 1. The highest BCUT2D eigenvalue weighted by molar-refractivity contribution is 8.15. The van der Waals surface area contributed by atoms with Crippen molar-refractivity contribution in [1.29, 1.82) is 0 Å². The van der Waals surface area contributed by atoms with E-state index >= 15 is 0 Å². The van der Waals surface area contributed by atoms with Crippen molar-refractivity contribution >= 4 is 39.9 Å². The molecule has 0 saturated carbocycles. The van der Waals surface area contributed by atoms with E-state index in [9.17, 15) is 27.5 Å². The molecular formula is C30H29F4N7O3S. The Bertz CT molecular complexity index is 1700. The van der Waals surface area contributed by atoms with Crippen molar-refractivity contribution in [2.75, 3.05) is 21.3 Å². The van der Waals surface area contributed by atoms with Crippen LogP contribution in [-0.2, 0) is 17.8 Å². The number of hydrogen-bond acceptors (Lipinski definition) is 9. The van der Waals surface area contributed by atoms with Gasteiger partial charge < -0.3 is 20.5 Å². The van der Waals surface area contributed by atoms with E-state index in [-0.39, 0.29) is 29.6 Å². The monoisotopic (exact) mass is 643 g/mol. The summed E-state index contributed by atoms with van der Waals surface area (Å²) in [6.45, 7) is 4.12. The van der Waals surface area contributed by atoms with Crippen molar-refractivity contribution in [3.63, 3.8) is 0 Å². The van der Waals surface area contributed by atoms with Crippen molar-refractivity contribution < 1.29 is 32.2 Å². The number of aromatic nitrogens is 3. The van der Waals surface area contributed by atoms with Crippen molar-refractivity contribution in [1.82, 2.24) is 14.8 Å². The molecule has 3 aromatic carbocycles. The number of anilines is 3. The van der Waals surface area contributed by atoms with Gasteiger partial charge in [-0.05, 0) is 73.0 Å². The second kappa shape index (κ2) is 13.6. The van der Waals surface area contributed by atoms with Gasteiger partial charge in [0.25, 0.3) is 0 Å². The molecule has 0 bridgehead atoms. The number of benzene rings is 3. The number of alkyl halides is 3. The first-order valence-electron chi connectivity index (χ1n) is 13.9. The highest BCUT2D eigenvalue weighted by atomic mass is 32.2. The number of aliphatic hydroxyl groups excluding tert-OH is 1. The van der Waals surface area contributed by atoms with Gasteiger partial charge in [0.05, 0.1) is 29.4 Å². The van der Waals surface area contributed by atoms with E-state index < -0.39 is 18.5 Å². The fraction of sp³-hybridized carbons (Fsp3) is 0.267. The standard InChI is InChI=1S/C30H29F4N7O3S/c1-3-4-19-6-5-18(2)13-25(19)41-27(42)16-45-29(41)38-28(43)37-24-12-7-20(14-23(24)31)35-15-26-36-17-40(39-26)21-8-10-22(11-9-21)44-30(32,33)34/h5-14,17,28,35,37,43H,3-4,15-16H2,1-2H3. The summed E-state index contributed by atoms with van der Waals surface area (Å²) in [4.78, 5) is 22.7. The molecule has 0 spiro atoms. The van der Waals surface area contributed by atoms with Crippen LogP contribution >= 0.6 is 11.8 Å². The number of aryl methyl sites for hydroxylation is 2. The first-order valence-corrected chi connectivity index (χ1v) is 14.9. The van der Waals surface area contributed by atoms with Crippen LogP contribution in [0, 0.1) is 12.7 Å². The molecule has 3 N–H and O–H groups in total. The number of carbonyl (C=O) groups is 1. The van der Waals surface area contributed by atoms with Crippen LogP contribution in [0.4, 0.5) is 34.6 Å². The van der Waals surface area contributed by atoms with E-state index in [2.05, 4.69) is 37.4 Å². The summed E-state index contributed by atoms with van der Waals surface area (Å²) < 4.78 is 57.3. The van der Waals surface area contributed by atoms with Gasteiger partial charge in [0.15, 0.2) is 11.0 Å².